The largest absolute Gasteiger partial charge is 0.481 e. The van der Waals surface area contributed by atoms with Gasteiger partial charge in [0, 0.05) is 38.2 Å². The maximum atomic E-state index is 12.0. The van der Waals surface area contributed by atoms with Crippen LogP contribution in [0.25, 0.3) is 6.08 Å². The Kier molecular flexibility index (Phi) is 26.9. The monoisotopic (exact) mass is 549 g/mol. The van der Waals surface area contributed by atoms with Crippen molar-refractivity contribution in [1.29, 1.82) is 0 Å². The van der Waals surface area contributed by atoms with Crippen molar-refractivity contribution >= 4 is 35.6 Å². The number of amides is 2. The molecule has 218 valence electrons. The van der Waals surface area contributed by atoms with Crippen LogP contribution in [0.15, 0.2) is 54.1 Å². The minimum absolute atomic E-state index is 0.00366. The zero-order chi connectivity index (χ0) is 30.6. The van der Waals surface area contributed by atoms with E-state index in [0.717, 1.165) is 6.42 Å². The van der Waals surface area contributed by atoms with Crippen molar-refractivity contribution in [1.82, 2.24) is 10.5 Å². The average molecular weight is 550 g/mol. The second-order valence-corrected chi connectivity index (χ2v) is 7.62. The van der Waals surface area contributed by atoms with Gasteiger partial charge >= 0.3 is 11.9 Å². The summed E-state index contributed by atoms with van der Waals surface area (Å²) < 4.78 is 5.06. The lowest BCUT2D eigenvalue weighted by molar-refractivity contribution is -0.140. The van der Waals surface area contributed by atoms with Gasteiger partial charge in [-0.25, -0.2) is 0 Å². The molecule has 1 rings (SSSR count). The van der Waals surface area contributed by atoms with Crippen LogP contribution in [0.4, 0.5) is 0 Å². The molecule has 0 saturated heterocycles. The summed E-state index contributed by atoms with van der Waals surface area (Å²) in [6.45, 7) is 14.2. The second kappa shape index (κ2) is 26.8. The van der Waals surface area contributed by atoms with E-state index < -0.39 is 42.0 Å². The lowest BCUT2D eigenvalue weighted by Crippen LogP contribution is -2.42. The van der Waals surface area contributed by atoms with E-state index in [0.29, 0.717) is 11.5 Å². The number of nitrogens with two attached hydrogens (primary N) is 1. The third-order valence-electron chi connectivity index (χ3n) is 4.07. The van der Waals surface area contributed by atoms with Crippen molar-refractivity contribution in [2.45, 2.75) is 78.7 Å². The molecule has 1 heterocycles. The number of carbonyl (C=O) groups is 5. The number of aliphatic carboxylic acids is 2. The first-order valence-electron chi connectivity index (χ1n) is 12.3. The molecule has 0 bridgehead atoms. The Balaban J connectivity index is -0.000000760. The van der Waals surface area contributed by atoms with Gasteiger partial charge in [-0.1, -0.05) is 42.5 Å². The van der Waals surface area contributed by atoms with Crippen molar-refractivity contribution in [2.75, 3.05) is 0 Å². The number of allylic oxidation sites excluding steroid dienone is 5. The summed E-state index contributed by atoms with van der Waals surface area (Å²) >= 11 is 0. The van der Waals surface area contributed by atoms with Gasteiger partial charge in [-0.2, -0.15) is 0 Å². The quantitative estimate of drug-likeness (QED) is 0.246. The first-order valence-corrected chi connectivity index (χ1v) is 12.3. The summed E-state index contributed by atoms with van der Waals surface area (Å²) in [5.74, 6) is -3.20. The molecule has 0 aromatic carbocycles. The Hall–Kier alpha value is -4.28. The normalized spacial score (nSPS) is 10.5. The fourth-order valence-electron chi connectivity index (χ4n) is 2.27. The number of carbonyl (C=O) groups excluding carboxylic acids is 3. The van der Waals surface area contributed by atoms with Crippen molar-refractivity contribution < 1.29 is 38.7 Å². The lowest BCUT2D eigenvalue weighted by atomic mass is 10.0. The molecule has 0 unspecified atom stereocenters. The molecule has 0 radical (unpaired) electrons. The van der Waals surface area contributed by atoms with Gasteiger partial charge in [-0.3, -0.25) is 24.0 Å². The zero-order valence-electron chi connectivity index (χ0n) is 23.4. The van der Waals surface area contributed by atoms with Crippen LogP contribution in [0.3, 0.4) is 0 Å². The molecule has 39 heavy (non-hydrogen) atoms. The van der Waals surface area contributed by atoms with Crippen LogP contribution in [0.2, 0.25) is 0 Å². The average Bonchev–Trinajstić information content (AvgIpc) is 3.33. The maximum Gasteiger partial charge on any atom is 0.305 e. The number of nitrogens with zero attached hydrogens (tertiary/aromatic N) is 1. The minimum Gasteiger partial charge on any atom is -0.481 e. The molecular formula is C28H43N3O8. The number of ketones is 1. The summed E-state index contributed by atoms with van der Waals surface area (Å²) in [7, 11) is 0. The number of Topliss-reactive ketones (excluding diaryl/α,β-unsaturated/α-hetero) is 1. The highest BCUT2D eigenvalue weighted by Crippen LogP contribution is 2.08. The van der Waals surface area contributed by atoms with Gasteiger partial charge in [0.05, 0.1) is 12.5 Å². The Morgan fingerprint density at radius 3 is 2.05 bits per heavy atom. The van der Waals surface area contributed by atoms with Crippen LogP contribution in [0.5, 0.6) is 0 Å². The van der Waals surface area contributed by atoms with E-state index in [1.165, 1.54) is 0 Å². The van der Waals surface area contributed by atoms with Gasteiger partial charge in [0.2, 0.25) is 11.8 Å². The van der Waals surface area contributed by atoms with Crippen LogP contribution in [0.1, 0.15) is 77.7 Å². The van der Waals surface area contributed by atoms with E-state index in [1.807, 2.05) is 32.9 Å². The summed E-state index contributed by atoms with van der Waals surface area (Å²) in [6.07, 6.45) is 11.7. The van der Waals surface area contributed by atoms with Crippen LogP contribution < -0.4 is 11.1 Å². The molecule has 11 heteroatoms. The lowest BCUT2D eigenvalue weighted by Gasteiger charge is -2.15. The summed E-state index contributed by atoms with van der Waals surface area (Å²) in [4.78, 5) is 54.9. The number of hydrogen-bond acceptors (Lipinski definition) is 7. The zero-order valence-corrected chi connectivity index (χ0v) is 23.4. The molecule has 11 nitrogen and oxygen atoms in total. The molecule has 1 aromatic heterocycles. The fourth-order valence-corrected chi connectivity index (χ4v) is 2.27. The molecule has 0 spiro atoms. The van der Waals surface area contributed by atoms with Crippen molar-refractivity contribution in [3.8, 4) is 0 Å². The highest BCUT2D eigenvalue weighted by molar-refractivity contribution is 5.93. The number of hydrogen-bond donors (Lipinski definition) is 4. The number of carboxylic acid groups (broad SMARTS) is 2. The van der Waals surface area contributed by atoms with Gasteiger partial charge in [-0.15, -0.1) is 13.2 Å². The van der Waals surface area contributed by atoms with E-state index in [9.17, 15) is 24.0 Å². The van der Waals surface area contributed by atoms with Crippen molar-refractivity contribution in [3.05, 3.63) is 61.1 Å². The number of aromatic nitrogens is 1. The van der Waals surface area contributed by atoms with Crippen molar-refractivity contribution in [2.24, 2.45) is 5.73 Å². The molecule has 0 aliphatic carbocycles. The first kappa shape index (κ1) is 39.2. The number of nitrogens with one attached hydrogen (secondary N) is 1. The summed E-state index contributed by atoms with van der Waals surface area (Å²) in [6, 6.07) is 0.484. The minimum atomic E-state index is -1.23. The Labute approximate surface area is 230 Å². The Morgan fingerprint density at radius 1 is 1.05 bits per heavy atom. The standard InChI is InChI=1S/C16H21N3O6.C6H10.C3H6O2.C3H6/c1-2-3-10-8-11(25-19-10)4-7-15(22)18-12(9-16(23)24)13(20)5-6-14(17)21;1-3-5-6-4-2;1-2-3(4)5;1-3-2/h2-3,8,12H,4-7,9H2,1H3,(H2,17,21)(H,18,22)(H,23,24);3-4,6H,1,5H2,2H3;2H2,1H3,(H,4,5);3H,1H2,2H3/b3-2+;6-4+;;/t12-;;;/m0.../s1. The Bertz CT molecular complexity index is 948. The fraction of sp³-hybridized carbons (Fsp3) is 0.429. The molecule has 0 saturated carbocycles. The molecule has 2 amide bonds. The highest BCUT2D eigenvalue weighted by atomic mass is 16.5. The molecule has 5 N–H and O–H groups in total. The van der Waals surface area contributed by atoms with E-state index in [2.05, 4.69) is 29.7 Å². The van der Waals surface area contributed by atoms with E-state index >= 15 is 0 Å². The second-order valence-electron chi connectivity index (χ2n) is 7.62. The highest BCUT2D eigenvalue weighted by Gasteiger charge is 2.23. The van der Waals surface area contributed by atoms with Gasteiger partial charge in [0.15, 0.2) is 5.78 Å². The third kappa shape index (κ3) is 28.1. The first-order chi connectivity index (χ1) is 18.4. The van der Waals surface area contributed by atoms with Crippen LogP contribution in [-0.2, 0) is 30.4 Å². The smallest absolute Gasteiger partial charge is 0.305 e. The number of aryl methyl sites for hydroxylation is 1. The molecule has 0 aliphatic rings. The van der Waals surface area contributed by atoms with Crippen molar-refractivity contribution in [3.63, 3.8) is 0 Å². The number of carboxylic acids is 2. The molecular weight excluding hydrogens is 506 g/mol. The molecule has 0 fully saturated rings. The summed E-state index contributed by atoms with van der Waals surface area (Å²) in [5.41, 5.74) is 5.59. The van der Waals surface area contributed by atoms with E-state index in [1.54, 1.807) is 31.2 Å². The van der Waals surface area contributed by atoms with Crippen LogP contribution in [0, 0.1) is 0 Å². The third-order valence-corrected chi connectivity index (χ3v) is 4.07. The van der Waals surface area contributed by atoms with Crippen LogP contribution in [-0.4, -0.2) is 50.9 Å². The SMILES string of the molecule is C/C=C/c1cc(CCC(=O)N[C@@H](CC(=O)O)C(=O)CCC(N)=O)on1.C=CC.C=CC/C=C/C.CCC(=O)O. The van der Waals surface area contributed by atoms with Gasteiger partial charge in [0.25, 0.3) is 0 Å². The molecule has 1 aromatic rings. The molecule has 0 aliphatic heterocycles. The number of primary amides is 1. The van der Waals surface area contributed by atoms with E-state index in [-0.39, 0.29) is 32.1 Å². The maximum absolute atomic E-state index is 12.0. The predicted octanol–water partition coefficient (Wildman–Crippen LogP) is 4.25. The number of rotatable bonds is 14. The topological polar surface area (TPSA) is 190 Å². The predicted molar refractivity (Wildman–Crippen MR) is 151 cm³/mol. The van der Waals surface area contributed by atoms with Gasteiger partial charge < -0.3 is 25.8 Å². The van der Waals surface area contributed by atoms with Crippen LogP contribution >= 0.6 is 0 Å². The van der Waals surface area contributed by atoms with E-state index in [4.69, 9.17) is 20.5 Å². The summed E-state index contributed by atoms with van der Waals surface area (Å²) in [5, 5.41) is 22.7. The van der Waals surface area contributed by atoms with Gasteiger partial charge in [-0.05, 0) is 33.3 Å². The van der Waals surface area contributed by atoms with Gasteiger partial charge in [0.1, 0.15) is 11.5 Å². The molecule has 1 atom stereocenters. The Morgan fingerprint density at radius 2 is 1.64 bits per heavy atom.